The summed E-state index contributed by atoms with van der Waals surface area (Å²) in [6, 6.07) is 32.6. The molecule has 1 heterocycles. The number of carbonyl (C=O) groups excluding carboxylic acids is 1. The number of hydrogen-bond acceptors (Lipinski definition) is 1. The summed E-state index contributed by atoms with van der Waals surface area (Å²) in [6.45, 7) is 0. The molecule has 2 heteroatoms. The van der Waals surface area contributed by atoms with E-state index in [1.165, 1.54) is 5.39 Å². The molecule has 0 N–H and O–H groups in total. The first-order chi connectivity index (χ1) is 14.7. The Morgan fingerprint density at radius 1 is 0.633 bits per heavy atom. The molecule has 0 radical (unpaired) electrons. The molecule has 0 aliphatic heterocycles. The van der Waals surface area contributed by atoms with Gasteiger partial charge in [-0.15, -0.1) is 0 Å². The molecule has 0 aliphatic carbocycles. The highest BCUT2D eigenvalue weighted by Crippen LogP contribution is 2.33. The van der Waals surface area contributed by atoms with Gasteiger partial charge in [0.1, 0.15) is 0 Å². The van der Waals surface area contributed by atoms with Crippen molar-refractivity contribution < 1.29 is 4.79 Å². The van der Waals surface area contributed by atoms with Crippen molar-refractivity contribution >= 4 is 16.6 Å². The maximum Gasteiger partial charge on any atom is 0.195 e. The number of ketones is 1. The Labute approximate surface area is 176 Å². The molecule has 30 heavy (non-hydrogen) atoms. The first-order valence-corrected chi connectivity index (χ1v) is 10.0. The van der Waals surface area contributed by atoms with Crippen molar-refractivity contribution in [1.82, 2.24) is 4.57 Å². The third-order valence-corrected chi connectivity index (χ3v) is 5.53. The van der Waals surface area contributed by atoms with Crippen LogP contribution in [0, 0.1) is 0 Å². The summed E-state index contributed by atoms with van der Waals surface area (Å²) in [6.07, 6.45) is 3.96. The number of fused-ring (bicyclic) bond motifs is 1. The molecule has 0 saturated carbocycles. The van der Waals surface area contributed by atoms with E-state index in [2.05, 4.69) is 36.4 Å². The Kier molecular flexibility index (Phi) is 4.53. The van der Waals surface area contributed by atoms with Crippen LogP contribution in [0.4, 0.5) is 0 Å². The Balaban J connectivity index is 1.56. The normalized spacial score (nSPS) is 11.0. The van der Waals surface area contributed by atoms with Gasteiger partial charge in [0.25, 0.3) is 0 Å². The van der Waals surface area contributed by atoms with E-state index in [4.69, 9.17) is 0 Å². The van der Waals surface area contributed by atoms with E-state index in [0.29, 0.717) is 5.56 Å². The number of aryl methyl sites for hydroxylation is 1. The second-order valence-corrected chi connectivity index (χ2v) is 7.55. The SMILES string of the molecule is Cn1cc(C(=O)c2ccc(-c3ccccc3)cc2)c(-c2cccc3ccccc23)c1. The molecule has 0 fully saturated rings. The monoisotopic (exact) mass is 387 g/mol. The zero-order valence-electron chi connectivity index (χ0n) is 16.7. The molecule has 0 aliphatic rings. The van der Waals surface area contributed by atoms with Gasteiger partial charge in [-0.05, 0) is 27.5 Å². The van der Waals surface area contributed by atoms with Crippen molar-refractivity contribution in [2.75, 3.05) is 0 Å². The lowest BCUT2D eigenvalue weighted by Crippen LogP contribution is -2.02. The fourth-order valence-electron chi connectivity index (χ4n) is 4.04. The van der Waals surface area contributed by atoms with Gasteiger partial charge in [0.05, 0.1) is 0 Å². The van der Waals surface area contributed by atoms with Crippen LogP contribution in [0.1, 0.15) is 15.9 Å². The van der Waals surface area contributed by atoms with Crippen LogP contribution in [-0.4, -0.2) is 10.4 Å². The van der Waals surface area contributed by atoms with Crippen LogP contribution < -0.4 is 0 Å². The highest BCUT2D eigenvalue weighted by molar-refractivity contribution is 6.14. The van der Waals surface area contributed by atoms with Crippen LogP contribution in [0.25, 0.3) is 33.0 Å². The lowest BCUT2D eigenvalue weighted by atomic mass is 9.94. The molecule has 2 nitrogen and oxygen atoms in total. The van der Waals surface area contributed by atoms with Gasteiger partial charge in [-0.1, -0.05) is 97.1 Å². The number of carbonyl (C=O) groups is 1. The van der Waals surface area contributed by atoms with E-state index >= 15 is 0 Å². The number of rotatable bonds is 4. The Morgan fingerprint density at radius 2 is 1.30 bits per heavy atom. The van der Waals surface area contributed by atoms with E-state index in [0.717, 1.165) is 33.2 Å². The van der Waals surface area contributed by atoms with Gasteiger partial charge in [0.2, 0.25) is 0 Å². The molecule has 0 saturated heterocycles. The predicted octanol–water partition coefficient (Wildman–Crippen LogP) is 6.74. The minimum absolute atomic E-state index is 0.0399. The van der Waals surface area contributed by atoms with Crippen LogP contribution in [-0.2, 0) is 7.05 Å². The van der Waals surface area contributed by atoms with Crippen LogP contribution in [0.15, 0.2) is 109 Å². The standard InChI is InChI=1S/C28H21NO/c1-29-18-26(25-13-7-11-22-10-5-6-12-24(22)25)27(19-29)28(30)23-16-14-21(15-17-23)20-8-3-2-4-9-20/h2-19H,1H3. The molecule has 0 atom stereocenters. The van der Waals surface area contributed by atoms with Gasteiger partial charge in [0.15, 0.2) is 5.78 Å². The average molecular weight is 387 g/mol. The summed E-state index contributed by atoms with van der Waals surface area (Å²) >= 11 is 0. The summed E-state index contributed by atoms with van der Waals surface area (Å²) in [5, 5.41) is 2.32. The predicted molar refractivity (Wildman–Crippen MR) is 124 cm³/mol. The van der Waals surface area contributed by atoms with Crippen molar-refractivity contribution in [3.05, 3.63) is 121 Å². The third kappa shape index (κ3) is 3.23. The molecule has 144 valence electrons. The van der Waals surface area contributed by atoms with Crippen molar-refractivity contribution in [2.24, 2.45) is 7.05 Å². The van der Waals surface area contributed by atoms with Crippen molar-refractivity contribution in [2.45, 2.75) is 0 Å². The Morgan fingerprint density at radius 3 is 2.10 bits per heavy atom. The Bertz CT molecular complexity index is 1340. The van der Waals surface area contributed by atoms with Crippen LogP contribution in [0.2, 0.25) is 0 Å². The van der Waals surface area contributed by atoms with Gasteiger partial charge < -0.3 is 4.57 Å². The van der Waals surface area contributed by atoms with Crippen molar-refractivity contribution in [3.8, 4) is 22.3 Å². The van der Waals surface area contributed by atoms with E-state index < -0.39 is 0 Å². The molecule has 0 unspecified atom stereocenters. The molecule has 1 aromatic heterocycles. The molecular weight excluding hydrogens is 366 g/mol. The number of nitrogens with zero attached hydrogens (tertiary/aromatic N) is 1. The summed E-state index contributed by atoms with van der Waals surface area (Å²) in [5.74, 6) is 0.0399. The van der Waals surface area contributed by atoms with Crippen LogP contribution in [0.5, 0.6) is 0 Å². The number of hydrogen-bond donors (Lipinski definition) is 0. The van der Waals surface area contributed by atoms with Gasteiger partial charge in [-0.25, -0.2) is 0 Å². The smallest absolute Gasteiger partial charge is 0.195 e. The minimum Gasteiger partial charge on any atom is -0.356 e. The van der Waals surface area contributed by atoms with Crippen LogP contribution >= 0.6 is 0 Å². The van der Waals surface area contributed by atoms with E-state index in [1.807, 2.05) is 84.7 Å². The van der Waals surface area contributed by atoms with E-state index in [1.54, 1.807) is 0 Å². The van der Waals surface area contributed by atoms with Crippen molar-refractivity contribution in [1.29, 1.82) is 0 Å². The highest BCUT2D eigenvalue weighted by atomic mass is 16.1. The molecule has 5 aromatic rings. The van der Waals surface area contributed by atoms with E-state index in [-0.39, 0.29) is 5.78 Å². The minimum atomic E-state index is 0.0399. The van der Waals surface area contributed by atoms with Gasteiger partial charge >= 0.3 is 0 Å². The first-order valence-electron chi connectivity index (χ1n) is 10.0. The number of aromatic nitrogens is 1. The average Bonchev–Trinajstić information content (AvgIpc) is 3.20. The lowest BCUT2D eigenvalue weighted by Gasteiger charge is -2.08. The topological polar surface area (TPSA) is 22.0 Å². The lowest BCUT2D eigenvalue weighted by molar-refractivity contribution is 0.103. The van der Waals surface area contributed by atoms with Crippen LogP contribution in [0.3, 0.4) is 0 Å². The van der Waals surface area contributed by atoms with Gasteiger partial charge in [-0.3, -0.25) is 4.79 Å². The third-order valence-electron chi connectivity index (χ3n) is 5.53. The maximum absolute atomic E-state index is 13.4. The summed E-state index contributed by atoms with van der Waals surface area (Å²) in [5.41, 5.74) is 5.72. The largest absolute Gasteiger partial charge is 0.356 e. The first kappa shape index (κ1) is 18.1. The Hall–Kier alpha value is -3.91. The molecule has 0 spiro atoms. The zero-order valence-corrected chi connectivity index (χ0v) is 16.7. The summed E-state index contributed by atoms with van der Waals surface area (Å²) in [4.78, 5) is 13.4. The second kappa shape index (κ2) is 7.49. The summed E-state index contributed by atoms with van der Waals surface area (Å²) in [7, 11) is 1.96. The van der Waals surface area contributed by atoms with Crippen molar-refractivity contribution in [3.63, 3.8) is 0 Å². The van der Waals surface area contributed by atoms with Gasteiger partial charge in [-0.2, -0.15) is 0 Å². The fraction of sp³-hybridized carbons (Fsp3) is 0.0357. The number of benzene rings is 4. The quantitative estimate of drug-likeness (QED) is 0.313. The zero-order chi connectivity index (χ0) is 20.5. The molecule has 0 amide bonds. The molecule has 0 bridgehead atoms. The van der Waals surface area contributed by atoms with E-state index in [9.17, 15) is 4.79 Å². The highest BCUT2D eigenvalue weighted by Gasteiger charge is 2.18. The maximum atomic E-state index is 13.4. The van der Waals surface area contributed by atoms with Gasteiger partial charge in [0, 0.05) is 36.1 Å². The fourth-order valence-corrected chi connectivity index (χ4v) is 4.04. The summed E-state index contributed by atoms with van der Waals surface area (Å²) < 4.78 is 1.96. The molecule has 4 aromatic carbocycles. The molecular formula is C28H21NO. The molecule has 5 rings (SSSR count). The second-order valence-electron chi connectivity index (χ2n) is 7.55.